The summed E-state index contributed by atoms with van der Waals surface area (Å²) in [5, 5.41) is 1.11. The number of carbonyl (C=O) groups excluding carboxylic acids is 2. The molecule has 0 spiro atoms. The fourth-order valence-corrected chi connectivity index (χ4v) is 3.68. The van der Waals surface area contributed by atoms with E-state index in [1.807, 2.05) is 20.8 Å². The number of anilines is 3. The Morgan fingerprint density at radius 1 is 0.727 bits per heavy atom. The van der Waals surface area contributed by atoms with Gasteiger partial charge in [-0.3, -0.25) is 0 Å². The molecule has 3 aromatic carbocycles. The van der Waals surface area contributed by atoms with Gasteiger partial charge in [-0.15, -0.1) is 0 Å². The van der Waals surface area contributed by atoms with E-state index in [0.717, 1.165) is 5.56 Å². The number of hydrogen-bond donors (Lipinski definition) is 0. The van der Waals surface area contributed by atoms with E-state index in [9.17, 15) is 9.59 Å². The Morgan fingerprint density at radius 3 is 1.39 bits per heavy atom. The van der Waals surface area contributed by atoms with Gasteiger partial charge in [0.05, 0.1) is 14.2 Å². The topological polar surface area (TPSA) is 58.5 Å². The summed E-state index contributed by atoms with van der Waals surface area (Å²) in [7, 11) is 2.62. The molecule has 0 aromatic heterocycles. The molecular weight excluding hydrogens is 461 g/mol. The molecule has 0 amide bonds. The molecule has 0 atom stereocenters. The number of rotatable bonds is 5. The minimum Gasteiger partial charge on any atom is -0.465 e. The lowest BCUT2D eigenvalue weighted by Crippen LogP contribution is -2.23. The molecule has 0 heterocycles. The molecule has 0 bridgehead atoms. The Labute approximate surface area is 203 Å². The molecule has 0 fully saturated rings. The molecule has 0 aliphatic heterocycles. The first-order valence-corrected chi connectivity index (χ1v) is 11.0. The maximum absolute atomic E-state index is 13.0. The van der Waals surface area contributed by atoms with E-state index in [2.05, 4.69) is 0 Å². The van der Waals surface area contributed by atoms with Crippen LogP contribution in [0, 0.1) is 0 Å². The molecule has 0 unspecified atom stereocenters. The summed E-state index contributed by atoms with van der Waals surface area (Å²) in [5.41, 5.74) is 2.62. The zero-order valence-electron chi connectivity index (χ0n) is 19.1. The van der Waals surface area contributed by atoms with Crippen molar-refractivity contribution in [1.29, 1.82) is 0 Å². The average Bonchev–Trinajstić information content (AvgIpc) is 2.79. The summed E-state index contributed by atoms with van der Waals surface area (Å²) in [5.74, 6) is -1.15. The average molecular weight is 486 g/mol. The van der Waals surface area contributed by atoms with Crippen molar-refractivity contribution in [3.8, 4) is 0 Å². The summed E-state index contributed by atoms with van der Waals surface area (Å²) >= 11 is 12.2. The molecule has 33 heavy (non-hydrogen) atoms. The minimum absolute atomic E-state index is 0.232. The van der Waals surface area contributed by atoms with Crippen molar-refractivity contribution in [1.82, 2.24) is 4.90 Å². The van der Waals surface area contributed by atoms with Crippen LogP contribution in [0.25, 0.3) is 0 Å². The van der Waals surface area contributed by atoms with E-state index in [1.165, 1.54) is 14.2 Å². The van der Waals surface area contributed by atoms with E-state index in [1.54, 1.807) is 65.6 Å². The van der Waals surface area contributed by atoms with Crippen LogP contribution in [0.4, 0.5) is 17.1 Å². The third kappa shape index (κ3) is 5.38. The normalized spacial score (nSPS) is 11.4. The number of benzene rings is 3. The van der Waals surface area contributed by atoms with Gasteiger partial charge in [-0.1, -0.05) is 48.9 Å². The van der Waals surface area contributed by atoms with Crippen LogP contribution in [0.1, 0.15) is 47.1 Å². The SMILES string of the molecule is COC(=O)c1cc(C(C)(C)C)cc(C(=O)OC)c1[N+](c1ccc(Cl)cc1)c1ccc(Cl)cc1. The zero-order chi connectivity index (χ0) is 24.3. The van der Waals surface area contributed by atoms with Crippen molar-refractivity contribution < 1.29 is 19.1 Å². The quantitative estimate of drug-likeness (QED) is 0.281. The number of carbonyl (C=O) groups is 2. The van der Waals surface area contributed by atoms with Gasteiger partial charge in [-0.2, -0.15) is 0 Å². The molecule has 0 aliphatic carbocycles. The lowest BCUT2D eigenvalue weighted by molar-refractivity contribution is 0.0599. The molecule has 0 saturated carbocycles. The first-order valence-electron chi connectivity index (χ1n) is 10.2. The highest BCUT2D eigenvalue weighted by Gasteiger charge is 2.38. The van der Waals surface area contributed by atoms with Gasteiger partial charge in [-0.25, -0.2) is 9.59 Å². The second-order valence-electron chi connectivity index (χ2n) is 8.44. The first-order chi connectivity index (χ1) is 15.6. The van der Waals surface area contributed by atoms with E-state index < -0.39 is 11.9 Å². The van der Waals surface area contributed by atoms with Crippen molar-refractivity contribution in [3.63, 3.8) is 0 Å². The van der Waals surface area contributed by atoms with Crippen LogP contribution in [-0.4, -0.2) is 26.2 Å². The summed E-state index contributed by atoms with van der Waals surface area (Å²) in [4.78, 5) is 27.8. The van der Waals surface area contributed by atoms with Crippen molar-refractivity contribution in [2.45, 2.75) is 26.2 Å². The van der Waals surface area contributed by atoms with Crippen LogP contribution in [0.5, 0.6) is 0 Å². The first kappa shape index (κ1) is 24.8. The lowest BCUT2D eigenvalue weighted by Gasteiger charge is -2.23. The monoisotopic (exact) mass is 485 g/mol. The van der Waals surface area contributed by atoms with Gasteiger partial charge in [0.15, 0.2) is 11.4 Å². The molecule has 3 aromatic rings. The van der Waals surface area contributed by atoms with Gasteiger partial charge >= 0.3 is 11.9 Å². The predicted octanol–water partition coefficient (Wildman–Crippen LogP) is 7.30. The van der Waals surface area contributed by atoms with Gasteiger partial charge in [0.1, 0.15) is 11.1 Å². The molecule has 0 N–H and O–H groups in total. The van der Waals surface area contributed by atoms with E-state index in [0.29, 0.717) is 27.1 Å². The Kier molecular flexibility index (Phi) is 7.48. The molecule has 0 aliphatic rings. The number of nitrogens with zero attached hydrogens (tertiary/aromatic N) is 1. The molecule has 3 rings (SSSR count). The maximum atomic E-state index is 13.0. The van der Waals surface area contributed by atoms with E-state index in [4.69, 9.17) is 32.7 Å². The summed E-state index contributed by atoms with van der Waals surface area (Å²) < 4.78 is 10.2. The molecule has 7 heteroatoms. The van der Waals surface area contributed by atoms with Crippen LogP contribution in [0.3, 0.4) is 0 Å². The van der Waals surface area contributed by atoms with Crippen molar-refractivity contribution in [2.75, 3.05) is 14.2 Å². The largest absolute Gasteiger partial charge is 0.465 e. The number of methoxy groups -OCH3 is 2. The van der Waals surface area contributed by atoms with Crippen molar-refractivity contribution in [2.24, 2.45) is 0 Å². The number of esters is 2. The Bertz CT molecular complexity index is 1080. The smallest absolute Gasteiger partial charge is 0.344 e. The van der Waals surface area contributed by atoms with Crippen LogP contribution >= 0.6 is 23.2 Å². The fraction of sp³-hybridized carbons (Fsp3) is 0.231. The van der Waals surface area contributed by atoms with Crippen LogP contribution in [-0.2, 0) is 14.9 Å². The fourth-order valence-electron chi connectivity index (χ4n) is 3.43. The van der Waals surface area contributed by atoms with Crippen LogP contribution in [0.2, 0.25) is 10.0 Å². The standard InChI is InChI=1S/C26H25Cl2NO4/c1-26(2,3)16-14-21(24(30)32-4)23(22(15-16)25(31)33-5)29(19-10-6-17(27)7-11-19)20-12-8-18(28)9-13-20/h6-15H,1-5H3/q+1. The van der Waals surface area contributed by atoms with E-state index >= 15 is 0 Å². The van der Waals surface area contributed by atoms with Crippen molar-refractivity contribution >= 4 is 52.2 Å². The molecule has 5 nitrogen and oxygen atoms in total. The second kappa shape index (κ2) is 9.96. The molecule has 0 saturated heterocycles. The predicted molar refractivity (Wildman–Crippen MR) is 132 cm³/mol. The van der Waals surface area contributed by atoms with Crippen molar-refractivity contribution in [3.05, 3.63) is 87.4 Å². The maximum Gasteiger partial charge on any atom is 0.344 e. The minimum atomic E-state index is -0.575. The molecular formula is C26H25Cl2NO4+. The van der Waals surface area contributed by atoms with Gasteiger partial charge in [0, 0.05) is 34.3 Å². The van der Waals surface area contributed by atoms with Gasteiger partial charge < -0.3 is 9.47 Å². The molecule has 171 valence electrons. The highest BCUT2D eigenvalue weighted by Crippen LogP contribution is 2.41. The second-order valence-corrected chi connectivity index (χ2v) is 9.31. The third-order valence-corrected chi connectivity index (χ3v) is 5.68. The Balaban J connectivity index is 2.45. The Morgan fingerprint density at radius 2 is 1.09 bits per heavy atom. The van der Waals surface area contributed by atoms with Crippen LogP contribution < -0.4 is 4.90 Å². The Hall–Kier alpha value is -2.86. The van der Waals surface area contributed by atoms with Crippen LogP contribution in [0.15, 0.2) is 60.7 Å². The summed E-state index contributed by atoms with van der Waals surface area (Å²) in [6, 6.07) is 17.7. The highest BCUT2D eigenvalue weighted by atomic mass is 35.5. The molecule has 1 radical (unpaired) electrons. The number of halogens is 2. The third-order valence-electron chi connectivity index (χ3n) is 5.18. The summed E-state index contributed by atoms with van der Waals surface area (Å²) in [6.45, 7) is 6.00. The number of hydrogen-bond acceptors (Lipinski definition) is 5. The number of ether oxygens (including phenoxy) is 2. The lowest BCUT2D eigenvalue weighted by atomic mass is 9.84. The van der Waals surface area contributed by atoms with Gasteiger partial charge in [0.2, 0.25) is 5.69 Å². The van der Waals surface area contributed by atoms with Gasteiger partial charge in [-0.05, 0) is 47.4 Å². The summed E-state index contributed by atoms with van der Waals surface area (Å²) in [6.07, 6.45) is 0. The zero-order valence-corrected chi connectivity index (χ0v) is 20.6. The highest BCUT2D eigenvalue weighted by molar-refractivity contribution is 6.31. The van der Waals surface area contributed by atoms with E-state index in [-0.39, 0.29) is 16.5 Å². The van der Waals surface area contributed by atoms with Gasteiger partial charge in [0.25, 0.3) is 0 Å².